The largest absolute Gasteiger partial charge is 0.485 e. The molecule has 40 heavy (non-hydrogen) atoms. The molecule has 0 fully saturated rings. The molecule has 0 unspecified atom stereocenters. The molecular weight excluding hydrogens is 548 g/mol. The Hall–Kier alpha value is -4.00. The van der Waals surface area contributed by atoms with Gasteiger partial charge in [-0.1, -0.05) is 11.6 Å². The number of aliphatic hydroxyl groups excluding tert-OH is 1. The molecule has 3 aromatic rings. The summed E-state index contributed by atoms with van der Waals surface area (Å²) < 4.78 is 34.7. The molecule has 0 amide bonds. The van der Waals surface area contributed by atoms with E-state index in [9.17, 15) is 28.6 Å². The monoisotopic (exact) mass is 575 g/mol. The van der Waals surface area contributed by atoms with Crippen molar-refractivity contribution in [3.63, 3.8) is 0 Å². The summed E-state index contributed by atoms with van der Waals surface area (Å²) in [4.78, 5) is 38.1. The molecule has 3 aromatic heterocycles. The lowest BCUT2D eigenvalue weighted by Crippen LogP contribution is -2.35. The van der Waals surface area contributed by atoms with Crippen LogP contribution in [0.4, 0.5) is 8.78 Å². The highest BCUT2D eigenvalue weighted by Gasteiger charge is 2.22. The van der Waals surface area contributed by atoms with Crippen LogP contribution in [-0.4, -0.2) is 41.3 Å². The number of pyridine rings is 2. The first-order valence-corrected chi connectivity index (χ1v) is 12.3. The first-order valence-electron chi connectivity index (χ1n) is 12.0. The molecule has 3 heterocycles. The van der Waals surface area contributed by atoms with Crippen LogP contribution in [0.15, 0.2) is 63.3 Å². The fourth-order valence-electron chi connectivity index (χ4n) is 3.28. The Bertz CT molecular complexity index is 1620. The van der Waals surface area contributed by atoms with Gasteiger partial charge in [-0.2, -0.15) is 0 Å². The second-order valence-electron chi connectivity index (χ2n) is 9.40. The van der Waals surface area contributed by atoms with Gasteiger partial charge in [0.1, 0.15) is 41.1 Å². The van der Waals surface area contributed by atoms with Crippen LogP contribution in [-0.2, 0) is 12.2 Å². The molecule has 0 aliphatic heterocycles. The number of aryl methyl sites for hydroxylation is 1. The predicted octanol–water partition coefficient (Wildman–Crippen LogP) is 3.55. The van der Waals surface area contributed by atoms with Crippen LogP contribution in [0.25, 0.3) is 6.20 Å². The molecular formula is C27H28ClF2N5O5. The average molecular weight is 576 g/mol. The summed E-state index contributed by atoms with van der Waals surface area (Å²) in [5.41, 5.74) is -2.08. The predicted molar refractivity (Wildman–Crippen MR) is 146 cm³/mol. The van der Waals surface area contributed by atoms with Gasteiger partial charge in [0.25, 0.3) is 11.1 Å². The zero-order chi connectivity index (χ0) is 29.8. The number of nitrogens with zero attached hydrogens (tertiary/aromatic N) is 5. The summed E-state index contributed by atoms with van der Waals surface area (Å²) in [5.74, 6) is -1.77. The molecule has 1 atom stereocenters. The van der Waals surface area contributed by atoms with E-state index in [0.717, 1.165) is 10.8 Å². The van der Waals surface area contributed by atoms with Gasteiger partial charge in [-0.15, -0.1) is 0 Å². The number of allylic oxidation sites excluding steroid dienone is 1. The minimum atomic E-state index is -1.49. The van der Waals surface area contributed by atoms with Crippen molar-refractivity contribution in [2.75, 3.05) is 0 Å². The number of aliphatic hydroxyl groups is 2. The van der Waals surface area contributed by atoms with Crippen molar-refractivity contribution < 1.29 is 23.7 Å². The second kappa shape index (κ2) is 12.5. The SMILES string of the molecule is C/C(=C/N=C(\C=C\n1c(C)cc(OCc2ncc(F)cc2F)c(Cl)c1=O)n1cncc(C(C)(C)O)c1=O)[C@H](C)O. The maximum absolute atomic E-state index is 13.9. The molecule has 0 spiro atoms. The van der Waals surface area contributed by atoms with Crippen molar-refractivity contribution in [1.82, 2.24) is 19.1 Å². The fourth-order valence-corrected chi connectivity index (χ4v) is 3.48. The van der Waals surface area contributed by atoms with Crippen LogP contribution in [0.3, 0.4) is 0 Å². The normalized spacial score (nSPS) is 13.7. The highest BCUT2D eigenvalue weighted by molar-refractivity contribution is 6.31. The molecule has 0 aliphatic carbocycles. The second-order valence-corrected chi connectivity index (χ2v) is 9.78. The van der Waals surface area contributed by atoms with E-state index < -0.39 is 41.1 Å². The lowest BCUT2D eigenvalue weighted by atomic mass is 10.0. The van der Waals surface area contributed by atoms with Crippen molar-refractivity contribution in [2.45, 2.75) is 52.9 Å². The lowest BCUT2D eigenvalue weighted by Gasteiger charge is -2.17. The Morgan fingerprint density at radius 2 is 1.95 bits per heavy atom. The molecule has 0 radical (unpaired) electrons. The van der Waals surface area contributed by atoms with E-state index in [2.05, 4.69) is 15.0 Å². The zero-order valence-electron chi connectivity index (χ0n) is 22.4. The number of aromatic nitrogens is 4. The van der Waals surface area contributed by atoms with Gasteiger partial charge in [0, 0.05) is 36.4 Å². The van der Waals surface area contributed by atoms with Crippen molar-refractivity contribution >= 4 is 23.6 Å². The molecule has 2 N–H and O–H groups in total. The maximum atomic E-state index is 13.9. The quantitative estimate of drug-likeness (QED) is 0.310. The van der Waals surface area contributed by atoms with Crippen molar-refractivity contribution in [2.24, 2.45) is 4.99 Å². The lowest BCUT2D eigenvalue weighted by molar-refractivity contribution is 0.0764. The third-order valence-corrected chi connectivity index (χ3v) is 6.11. The summed E-state index contributed by atoms with van der Waals surface area (Å²) in [6, 6.07) is 2.10. The molecule has 3 rings (SSSR count). The van der Waals surface area contributed by atoms with Crippen LogP contribution in [0.2, 0.25) is 5.02 Å². The summed E-state index contributed by atoms with van der Waals surface area (Å²) in [6.45, 7) is 7.26. The molecule has 0 bridgehead atoms. The Kier molecular flexibility index (Phi) is 9.51. The number of halogens is 3. The van der Waals surface area contributed by atoms with Crippen LogP contribution in [0.1, 0.15) is 44.6 Å². The van der Waals surface area contributed by atoms with Gasteiger partial charge in [0.05, 0.1) is 23.5 Å². The van der Waals surface area contributed by atoms with E-state index in [0.29, 0.717) is 17.3 Å². The summed E-state index contributed by atoms with van der Waals surface area (Å²) in [6.07, 6.45) is 6.52. The van der Waals surface area contributed by atoms with Crippen molar-refractivity contribution in [3.05, 3.63) is 103 Å². The van der Waals surface area contributed by atoms with Gasteiger partial charge in [-0.05, 0) is 46.3 Å². The van der Waals surface area contributed by atoms with Crippen molar-refractivity contribution in [1.29, 1.82) is 0 Å². The van der Waals surface area contributed by atoms with Gasteiger partial charge < -0.3 is 14.9 Å². The molecule has 0 saturated carbocycles. The molecule has 10 nitrogen and oxygen atoms in total. The van der Waals surface area contributed by atoms with Gasteiger partial charge in [0.15, 0.2) is 5.82 Å². The molecule has 13 heteroatoms. The first-order chi connectivity index (χ1) is 18.7. The fraction of sp³-hybridized carbons (Fsp3) is 0.296. The van der Waals surface area contributed by atoms with Crippen LogP contribution >= 0.6 is 11.6 Å². The smallest absolute Gasteiger partial charge is 0.277 e. The highest BCUT2D eigenvalue weighted by Crippen LogP contribution is 2.23. The molecule has 0 aliphatic rings. The topological polar surface area (TPSA) is 132 Å². The van der Waals surface area contributed by atoms with E-state index in [1.165, 1.54) is 55.5 Å². The maximum Gasteiger partial charge on any atom is 0.277 e. The van der Waals surface area contributed by atoms with Crippen LogP contribution in [0.5, 0.6) is 5.75 Å². The number of hydrogen-bond donors (Lipinski definition) is 2. The van der Waals surface area contributed by atoms with Crippen LogP contribution in [0, 0.1) is 18.6 Å². The average Bonchev–Trinajstić information content (AvgIpc) is 2.87. The van der Waals surface area contributed by atoms with Gasteiger partial charge in [-0.25, -0.2) is 18.8 Å². The Balaban J connectivity index is 2.03. The molecule has 0 aromatic carbocycles. The molecule has 0 saturated heterocycles. The number of hydrogen-bond acceptors (Lipinski definition) is 8. The number of rotatable bonds is 8. The van der Waals surface area contributed by atoms with E-state index >= 15 is 0 Å². The third-order valence-electron chi connectivity index (χ3n) is 5.76. The highest BCUT2D eigenvalue weighted by atomic mass is 35.5. The van der Waals surface area contributed by atoms with E-state index in [-0.39, 0.29) is 27.9 Å². The first kappa shape index (κ1) is 30.5. The summed E-state index contributed by atoms with van der Waals surface area (Å²) >= 11 is 6.24. The standard InChI is InChI=1S/C27H28ClF2N5O5/c1-15(17(3)36)10-33-23(35-14-31-12-19(25(35)37)27(4,5)39)6-7-34-16(2)8-22(24(28)26(34)38)40-13-21-20(30)9-18(29)11-32-21/h6-12,14,17,36,39H,13H2,1-5H3/b7-6+,15-10-,33-23+/t17-/m0/s1. The Labute approximate surface area is 233 Å². The zero-order valence-corrected chi connectivity index (χ0v) is 23.1. The minimum Gasteiger partial charge on any atom is -0.485 e. The number of ether oxygens (including phenoxy) is 1. The Morgan fingerprint density at radius 3 is 2.58 bits per heavy atom. The van der Waals surface area contributed by atoms with Crippen LogP contribution < -0.4 is 15.9 Å². The van der Waals surface area contributed by atoms with E-state index in [1.807, 2.05) is 0 Å². The summed E-state index contributed by atoms with van der Waals surface area (Å²) in [5, 5.41) is 19.9. The van der Waals surface area contributed by atoms with E-state index in [1.54, 1.807) is 20.8 Å². The minimum absolute atomic E-state index is 0.0114. The molecule has 212 valence electrons. The van der Waals surface area contributed by atoms with Crippen molar-refractivity contribution in [3.8, 4) is 5.75 Å². The van der Waals surface area contributed by atoms with E-state index in [4.69, 9.17) is 16.3 Å². The number of aliphatic imine (C=N–C) groups is 1. The van der Waals surface area contributed by atoms with Gasteiger partial charge in [0.2, 0.25) is 0 Å². The third kappa shape index (κ3) is 7.14. The Morgan fingerprint density at radius 1 is 1.25 bits per heavy atom. The van der Waals surface area contributed by atoms with Gasteiger partial charge in [-0.3, -0.25) is 23.7 Å². The van der Waals surface area contributed by atoms with Gasteiger partial charge >= 0.3 is 0 Å². The summed E-state index contributed by atoms with van der Waals surface area (Å²) in [7, 11) is 0.